The van der Waals surface area contributed by atoms with Gasteiger partial charge in [0.2, 0.25) is 0 Å². The average Bonchev–Trinajstić information content (AvgIpc) is 2.27. The quantitative estimate of drug-likeness (QED) is 0.813. The van der Waals surface area contributed by atoms with Gasteiger partial charge >= 0.3 is 6.18 Å². The predicted molar refractivity (Wildman–Crippen MR) is 69.0 cm³/mol. The first-order valence-corrected chi connectivity index (χ1v) is 6.47. The highest BCUT2D eigenvalue weighted by molar-refractivity contribution is 9.10. The molecule has 1 atom stereocenters. The molecule has 4 N–H and O–H groups in total. The Bertz CT molecular complexity index is 393. The van der Waals surface area contributed by atoms with E-state index in [9.17, 15) is 13.2 Å². The van der Waals surface area contributed by atoms with Crippen molar-refractivity contribution in [2.24, 2.45) is 11.5 Å². The van der Waals surface area contributed by atoms with Crippen LogP contribution < -0.4 is 11.5 Å². The van der Waals surface area contributed by atoms with Crippen molar-refractivity contribution in [1.82, 2.24) is 0 Å². The van der Waals surface area contributed by atoms with E-state index < -0.39 is 17.8 Å². The van der Waals surface area contributed by atoms with Crippen LogP contribution in [0, 0.1) is 0 Å². The fourth-order valence-electron chi connectivity index (χ4n) is 1.67. The lowest BCUT2D eigenvalue weighted by Crippen LogP contribution is -2.13. The third kappa shape index (κ3) is 4.59. The molecular formula is C12H16BrF3N2. The van der Waals surface area contributed by atoms with Crippen molar-refractivity contribution in [3.8, 4) is 0 Å². The van der Waals surface area contributed by atoms with E-state index in [-0.39, 0.29) is 0 Å². The van der Waals surface area contributed by atoms with Crippen LogP contribution in [-0.2, 0) is 6.18 Å². The number of rotatable bonds is 5. The van der Waals surface area contributed by atoms with Crippen molar-refractivity contribution in [2.45, 2.75) is 31.5 Å². The molecule has 0 amide bonds. The zero-order valence-corrected chi connectivity index (χ0v) is 11.4. The summed E-state index contributed by atoms with van der Waals surface area (Å²) in [4.78, 5) is 0. The molecule has 1 aromatic rings. The van der Waals surface area contributed by atoms with Crippen LogP contribution in [0.5, 0.6) is 0 Å². The lowest BCUT2D eigenvalue weighted by molar-refractivity contribution is -0.137. The molecule has 0 aliphatic rings. The van der Waals surface area contributed by atoms with Crippen LogP contribution in [0.3, 0.4) is 0 Å². The minimum atomic E-state index is -4.35. The van der Waals surface area contributed by atoms with E-state index in [2.05, 4.69) is 15.9 Å². The summed E-state index contributed by atoms with van der Waals surface area (Å²) in [6.07, 6.45) is -2.08. The second kappa shape index (κ2) is 6.54. The van der Waals surface area contributed by atoms with Gasteiger partial charge in [0.25, 0.3) is 0 Å². The smallest absolute Gasteiger partial charge is 0.330 e. The molecule has 102 valence electrons. The van der Waals surface area contributed by atoms with Gasteiger partial charge < -0.3 is 11.5 Å². The first-order valence-electron chi connectivity index (χ1n) is 5.68. The van der Waals surface area contributed by atoms with Crippen molar-refractivity contribution in [1.29, 1.82) is 0 Å². The van der Waals surface area contributed by atoms with Crippen LogP contribution in [-0.4, -0.2) is 6.54 Å². The normalized spacial score (nSPS) is 13.7. The van der Waals surface area contributed by atoms with Crippen LogP contribution in [0.25, 0.3) is 0 Å². The Morgan fingerprint density at radius 3 is 2.39 bits per heavy atom. The number of unbranched alkanes of at least 4 members (excludes halogenated alkanes) is 1. The lowest BCUT2D eigenvalue weighted by atomic mass is 10.00. The summed E-state index contributed by atoms with van der Waals surface area (Å²) < 4.78 is 38.3. The molecule has 0 fully saturated rings. The van der Waals surface area contributed by atoms with Gasteiger partial charge in [-0.1, -0.05) is 22.4 Å². The highest BCUT2D eigenvalue weighted by Crippen LogP contribution is 2.33. The first-order chi connectivity index (χ1) is 8.34. The van der Waals surface area contributed by atoms with Crippen LogP contribution in [0.15, 0.2) is 22.7 Å². The first kappa shape index (κ1) is 15.5. The van der Waals surface area contributed by atoms with Crippen molar-refractivity contribution in [2.75, 3.05) is 6.54 Å². The minimum Gasteiger partial charge on any atom is -0.330 e. The van der Waals surface area contributed by atoms with Crippen molar-refractivity contribution < 1.29 is 13.2 Å². The van der Waals surface area contributed by atoms with Gasteiger partial charge in [-0.3, -0.25) is 0 Å². The molecule has 0 radical (unpaired) electrons. The van der Waals surface area contributed by atoms with Gasteiger partial charge in [-0.15, -0.1) is 0 Å². The summed E-state index contributed by atoms with van der Waals surface area (Å²) in [5.41, 5.74) is 11.1. The standard InChI is InChI=1S/C12H16BrF3N2/c13-10-6-8(11(18)3-1-2-4-17)5-9(7-10)12(14,15)16/h5-7,11H,1-4,17-18H2/t11-/m1/s1. The molecule has 1 rings (SSSR count). The molecule has 6 heteroatoms. The molecule has 0 saturated carbocycles. The largest absolute Gasteiger partial charge is 0.416 e. The topological polar surface area (TPSA) is 52.0 Å². The molecule has 0 spiro atoms. The highest BCUT2D eigenvalue weighted by atomic mass is 79.9. The number of benzene rings is 1. The SMILES string of the molecule is NCCCC[C@@H](N)c1cc(Br)cc(C(F)(F)F)c1. The van der Waals surface area contributed by atoms with Crippen LogP contribution >= 0.6 is 15.9 Å². The number of hydrogen-bond acceptors (Lipinski definition) is 2. The van der Waals surface area contributed by atoms with Gasteiger partial charge in [0.05, 0.1) is 5.56 Å². The number of hydrogen-bond donors (Lipinski definition) is 2. The second-order valence-corrected chi connectivity index (χ2v) is 5.08. The number of nitrogens with two attached hydrogens (primary N) is 2. The molecule has 0 bridgehead atoms. The minimum absolute atomic E-state index is 0.390. The van der Waals surface area contributed by atoms with Gasteiger partial charge in [-0.2, -0.15) is 13.2 Å². The van der Waals surface area contributed by atoms with Crippen molar-refractivity contribution >= 4 is 15.9 Å². The summed E-state index contributed by atoms with van der Waals surface area (Å²) in [5, 5.41) is 0. The molecule has 0 unspecified atom stereocenters. The molecule has 0 aromatic heterocycles. The van der Waals surface area contributed by atoms with E-state index in [1.165, 1.54) is 0 Å². The van der Waals surface area contributed by atoms with Crippen molar-refractivity contribution in [3.05, 3.63) is 33.8 Å². The Labute approximate surface area is 113 Å². The number of alkyl halides is 3. The molecular weight excluding hydrogens is 309 g/mol. The van der Waals surface area contributed by atoms with Crippen molar-refractivity contribution in [3.63, 3.8) is 0 Å². The molecule has 2 nitrogen and oxygen atoms in total. The maximum Gasteiger partial charge on any atom is 0.416 e. The van der Waals surface area contributed by atoms with E-state index in [0.717, 1.165) is 25.0 Å². The maximum absolute atomic E-state index is 12.6. The molecule has 0 aliphatic heterocycles. The Morgan fingerprint density at radius 2 is 1.83 bits per heavy atom. The fraction of sp³-hybridized carbons (Fsp3) is 0.500. The highest BCUT2D eigenvalue weighted by Gasteiger charge is 2.31. The molecule has 18 heavy (non-hydrogen) atoms. The predicted octanol–water partition coefficient (Wildman–Crippen LogP) is 3.60. The van der Waals surface area contributed by atoms with E-state index in [0.29, 0.717) is 23.0 Å². The summed E-state index contributed by atoms with van der Waals surface area (Å²) in [6, 6.07) is 3.39. The van der Waals surface area contributed by atoms with Gasteiger partial charge in [-0.25, -0.2) is 0 Å². The summed E-state index contributed by atoms with van der Waals surface area (Å²) in [5.74, 6) is 0. The Morgan fingerprint density at radius 1 is 1.17 bits per heavy atom. The Hall–Kier alpha value is -0.590. The van der Waals surface area contributed by atoms with Gasteiger partial charge in [0, 0.05) is 10.5 Å². The second-order valence-electron chi connectivity index (χ2n) is 4.16. The van der Waals surface area contributed by atoms with Gasteiger partial charge in [-0.05, 0) is 43.1 Å². The number of halogens is 4. The summed E-state index contributed by atoms with van der Waals surface area (Å²) in [6.45, 7) is 0.568. The third-order valence-corrected chi connectivity index (χ3v) is 3.10. The van der Waals surface area contributed by atoms with Crippen LogP contribution in [0.4, 0.5) is 13.2 Å². The fourth-order valence-corrected chi connectivity index (χ4v) is 2.18. The van der Waals surface area contributed by atoms with E-state index >= 15 is 0 Å². The van der Waals surface area contributed by atoms with Crippen LogP contribution in [0.2, 0.25) is 0 Å². The lowest BCUT2D eigenvalue weighted by Gasteiger charge is -2.15. The van der Waals surface area contributed by atoms with Gasteiger partial charge in [0.1, 0.15) is 0 Å². The van der Waals surface area contributed by atoms with Crippen LogP contribution in [0.1, 0.15) is 36.4 Å². The molecule has 1 aromatic carbocycles. The molecule has 0 saturated heterocycles. The third-order valence-electron chi connectivity index (χ3n) is 2.64. The zero-order valence-electron chi connectivity index (χ0n) is 9.80. The molecule has 0 heterocycles. The maximum atomic E-state index is 12.6. The van der Waals surface area contributed by atoms with E-state index in [1.807, 2.05) is 0 Å². The molecule has 0 aliphatic carbocycles. The van der Waals surface area contributed by atoms with E-state index in [1.54, 1.807) is 6.07 Å². The van der Waals surface area contributed by atoms with Gasteiger partial charge in [0.15, 0.2) is 0 Å². The zero-order chi connectivity index (χ0) is 13.8. The summed E-state index contributed by atoms with van der Waals surface area (Å²) in [7, 11) is 0. The Balaban J connectivity index is 2.85. The Kier molecular flexibility index (Phi) is 5.62. The monoisotopic (exact) mass is 324 g/mol. The summed E-state index contributed by atoms with van der Waals surface area (Å²) >= 11 is 3.08. The van der Waals surface area contributed by atoms with E-state index in [4.69, 9.17) is 11.5 Å². The average molecular weight is 325 g/mol.